The summed E-state index contributed by atoms with van der Waals surface area (Å²) < 4.78 is 0. The summed E-state index contributed by atoms with van der Waals surface area (Å²) in [6.45, 7) is 6.02. The van der Waals surface area contributed by atoms with E-state index in [4.69, 9.17) is 0 Å². The molecule has 0 saturated heterocycles. The number of hydrogen-bond acceptors (Lipinski definition) is 3. The molecule has 0 fully saturated rings. The van der Waals surface area contributed by atoms with Crippen molar-refractivity contribution in [2.45, 2.75) is 20.8 Å². The SMILES string of the molecule is CC.CN=C(/C=C(\C)c1ccn[nH]1)c1cccnc1. The lowest BCUT2D eigenvalue weighted by atomic mass is 10.1. The normalized spacial score (nSPS) is 11.8. The van der Waals surface area contributed by atoms with Crippen molar-refractivity contribution >= 4 is 11.3 Å². The number of aromatic amines is 1. The van der Waals surface area contributed by atoms with Gasteiger partial charge in [0.1, 0.15) is 0 Å². The number of allylic oxidation sites excluding steroid dienone is 2. The van der Waals surface area contributed by atoms with Gasteiger partial charge in [0.05, 0.1) is 11.4 Å². The number of rotatable bonds is 3. The van der Waals surface area contributed by atoms with E-state index in [-0.39, 0.29) is 0 Å². The lowest BCUT2D eigenvalue weighted by Gasteiger charge is -2.02. The molecule has 0 bridgehead atoms. The van der Waals surface area contributed by atoms with Gasteiger partial charge in [0.15, 0.2) is 0 Å². The first-order valence-electron chi connectivity index (χ1n) is 6.36. The third-order valence-corrected chi connectivity index (χ3v) is 2.48. The van der Waals surface area contributed by atoms with E-state index in [0.29, 0.717) is 0 Å². The molecule has 4 heteroatoms. The van der Waals surface area contributed by atoms with Gasteiger partial charge in [-0.25, -0.2) is 0 Å². The highest BCUT2D eigenvalue weighted by molar-refractivity contribution is 6.11. The first-order chi connectivity index (χ1) is 9.31. The van der Waals surface area contributed by atoms with Crippen LogP contribution in [0.2, 0.25) is 0 Å². The Morgan fingerprint density at radius 2 is 2.05 bits per heavy atom. The number of nitrogens with one attached hydrogen (secondary N) is 1. The lowest BCUT2D eigenvalue weighted by Crippen LogP contribution is -1.98. The Kier molecular flexibility index (Phi) is 6.22. The van der Waals surface area contributed by atoms with Crippen LogP contribution >= 0.6 is 0 Å². The molecule has 0 amide bonds. The van der Waals surface area contributed by atoms with Crippen molar-refractivity contribution in [2.75, 3.05) is 7.05 Å². The Morgan fingerprint density at radius 3 is 2.58 bits per heavy atom. The van der Waals surface area contributed by atoms with Crippen molar-refractivity contribution in [1.29, 1.82) is 0 Å². The second-order valence-corrected chi connectivity index (χ2v) is 3.65. The fourth-order valence-corrected chi connectivity index (χ4v) is 1.55. The van der Waals surface area contributed by atoms with E-state index in [1.807, 2.05) is 45.0 Å². The molecule has 0 spiro atoms. The van der Waals surface area contributed by atoms with Crippen molar-refractivity contribution < 1.29 is 0 Å². The maximum Gasteiger partial charge on any atom is 0.0662 e. The zero-order valence-corrected chi connectivity index (χ0v) is 11.9. The molecule has 0 saturated carbocycles. The van der Waals surface area contributed by atoms with Crippen molar-refractivity contribution in [2.24, 2.45) is 4.99 Å². The van der Waals surface area contributed by atoms with Crippen LogP contribution in [0.15, 0.2) is 47.9 Å². The van der Waals surface area contributed by atoms with Crippen LogP contribution in [0.3, 0.4) is 0 Å². The van der Waals surface area contributed by atoms with Crippen LogP contribution in [0.1, 0.15) is 32.0 Å². The van der Waals surface area contributed by atoms with E-state index < -0.39 is 0 Å². The lowest BCUT2D eigenvalue weighted by molar-refractivity contribution is 1.07. The largest absolute Gasteiger partial charge is 0.288 e. The third kappa shape index (κ3) is 4.17. The summed E-state index contributed by atoms with van der Waals surface area (Å²) in [5, 5.41) is 6.86. The molecule has 0 radical (unpaired) electrons. The monoisotopic (exact) mass is 256 g/mol. The molecule has 0 unspecified atom stereocenters. The van der Waals surface area contributed by atoms with E-state index in [9.17, 15) is 0 Å². The van der Waals surface area contributed by atoms with Gasteiger partial charge >= 0.3 is 0 Å². The molecule has 0 atom stereocenters. The topological polar surface area (TPSA) is 53.9 Å². The van der Waals surface area contributed by atoms with Crippen molar-refractivity contribution in [3.05, 3.63) is 54.1 Å². The van der Waals surface area contributed by atoms with E-state index in [0.717, 1.165) is 22.5 Å². The summed E-state index contributed by atoms with van der Waals surface area (Å²) in [6, 6.07) is 5.83. The number of aromatic nitrogens is 3. The molecular weight excluding hydrogens is 236 g/mol. The summed E-state index contributed by atoms with van der Waals surface area (Å²) >= 11 is 0. The van der Waals surface area contributed by atoms with Gasteiger partial charge in [0.25, 0.3) is 0 Å². The standard InChI is InChI=1S/C13H14N4.C2H6/c1-10(12-5-7-16-17-12)8-13(14-2)11-4-3-6-15-9-11;1-2/h3-9H,1-2H3,(H,16,17);1-2H3/b10-8+,14-13?;. The van der Waals surface area contributed by atoms with Crippen molar-refractivity contribution in [3.63, 3.8) is 0 Å². The Morgan fingerprint density at radius 1 is 1.26 bits per heavy atom. The smallest absolute Gasteiger partial charge is 0.0662 e. The van der Waals surface area contributed by atoms with Gasteiger partial charge in [0, 0.05) is 31.2 Å². The van der Waals surface area contributed by atoms with Crippen LogP contribution in [-0.4, -0.2) is 27.9 Å². The predicted molar refractivity (Wildman–Crippen MR) is 80.3 cm³/mol. The number of aliphatic imine (C=N–C) groups is 1. The second kappa shape index (κ2) is 7.97. The van der Waals surface area contributed by atoms with Gasteiger partial charge in [-0.05, 0) is 36.8 Å². The maximum absolute atomic E-state index is 4.27. The number of hydrogen-bond donors (Lipinski definition) is 1. The van der Waals surface area contributed by atoms with E-state index in [1.54, 1.807) is 25.6 Å². The minimum absolute atomic E-state index is 0.908. The quantitative estimate of drug-likeness (QED) is 0.856. The molecule has 0 aromatic carbocycles. The van der Waals surface area contributed by atoms with Crippen LogP contribution in [0.25, 0.3) is 5.57 Å². The molecule has 0 aliphatic carbocycles. The molecule has 0 aliphatic heterocycles. The highest BCUT2D eigenvalue weighted by Crippen LogP contribution is 2.11. The maximum atomic E-state index is 4.27. The van der Waals surface area contributed by atoms with Crippen LogP contribution in [0.4, 0.5) is 0 Å². The second-order valence-electron chi connectivity index (χ2n) is 3.65. The third-order valence-electron chi connectivity index (χ3n) is 2.48. The first kappa shape index (κ1) is 14.8. The van der Waals surface area contributed by atoms with Gasteiger partial charge < -0.3 is 0 Å². The Bertz CT molecular complexity index is 525. The average molecular weight is 256 g/mol. The van der Waals surface area contributed by atoms with Crippen LogP contribution in [0, 0.1) is 0 Å². The van der Waals surface area contributed by atoms with E-state index in [2.05, 4.69) is 20.2 Å². The Balaban J connectivity index is 0.000000861. The summed E-state index contributed by atoms with van der Waals surface area (Å²) in [5.41, 5.74) is 4.00. The van der Waals surface area contributed by atoms with E-state index in [1.165, 1.54) is 0 Å². The first-order valence-corrected chi connectivity index (χ1v) is 6.36. The molecule has 2 aromatic rings. The Labute approximate surface area is 114 Å². The van der Waals surface area contributed by atoms with Crippen molar-refractivity contribution in [3.8, 4) is 0 Å². The molecular formula is C15H20N4. The molecule has 19 heavy (non-hydrogen) atoms. The van der Waals surface area contributed by atoms with Gasteiger partial charge in [-0.1, -0.05) is 13.8 Å². The minimum Gasteiger partial charge on any atom is -0.288 e. The van der Waals surface area contributed by atoms with Gasteiger partial charge in [-0.2, -0.15) is 5.10 Å². The van der Waals surface area contributed by atoms with Gasteiger partial charge in [0.2, 0.25) is 0 Å². The number of nitrogens with zero attached hydrogens (tertiary/aromatic N) is 3. The molecule has 2 aromatic heterocycles. The highest BCUT2D eigenvalue weighted by atomic mass is 15.1. The van der Waals surface area contributed by atoms with Crippen LogP contribution in [-0.2, 0) is 0 Å². The summed E-state index contributed by atoms with van der Waals surface area (Å²) in [7, 11) is 1.78. The Hall–Kier alpha value is -2.23. The van der Waals surface area contributed by atoms with Gasteiger partial charge in [-0.15, -0.1) is 0 Å². The predicted octanol–water partition coefficient (Wildman–Crippen LogP) is 3.35. The molecule has 100 valence electrons. The van der Waals surface area contributed by atoms with Gasteiger partial charge in [-0.3, -0.25) is 15.1 Å². The molecule has 1 N–H and O–H groups in total. The summed E-state index contributed by atoms with van der Waals surface area (Å²) in [4.78, 5) is 8.37. The van der Waals surface area contributed by atoms with Crippen LogP contribution < -0.4 is 0 Å². The highest BCUT2D eigenvalue weighted by Gasteiger charge is 2.02. The number of H-pyrrole nitrogens is 1. The zero-order valence-electron chi connectivity index (χ0n) is 11.9. The molecule has 4 nitrogen and oxygen atoms in total. The summed E-state index contributed by atoms with van der Waals surface area (Å²) in [6.07, 6.45) is 7.31. The molecule has 0 aliphatic rings. The minimum atomic E-state index is 0.908. The number of pyridine rings is 1. The fraction of sp³-hybridized carbons (Fsp3) is 0.267. The average Bonchev–Trinajstić information content (AvgIpc) is 3.02. The fourth-order valence-electron chi connectivity index (χ4n) is 1.55. The van der Waals surface area contributed by atoms with E-state index >= 15 is 0 Å². The molecule has 2 heterocycles. The summed E-state index contributed by atoms with van der Waals surface area (Å²) in [5.74, 6) is 0. The zero-order chi connectivity index (χ0) is 14.1. The van der Waals surface area contributed by atoms with Crippen LogP contribution in [0.5, 0.6) is 0 Å². The van der Waals surface area contributed by atoms with Crippen molar-refractivity contribution in [1.82, 2.24) is 15.2 Å². The molecule has 2 rings (SSSR count).